The third kappa shape index (κ3) is 4.39. The summed E-state index contributed by atoms with van der Waals surface area (Å²) >= 11 is 3.11. The number of hydrogen-bond acceptors (Lipinski definition) is 4. The maximum Gasteiger partial charge on any atom is 0.416 e. The summed E-state index contributed by atoms with van der Waals surface area (Å²) in [4.78, 5) is 0. The van der Waals surface area contributed by atoms with Gasteiger partial charge < -0.3 is 15.2 Å². The molecule has 0 saturated carbocycles. The number of nitrogens with two attached hydrogens (primary N) is 1. The summed E-state index contributed by atoms with van der Waals surface area (Å²) in [6.45, 7) is 0.849. The van der Waals surface area contributed by atoms with Crippen molar-refractivity contribution in [3.8, 4) is 6.07 Å². The summed E-state index contributed by atoms with van der Waals surface area (Å²) in [5.41, 5.74) is 7.01. The minimum Gasteiger partial charge on any atom is -0.373 e. The van der Waals surface area contributed by atoms with Crippen LogP contribution in [0.5, 0.6) is 0 Å². The third-order valence-electron chi connectivity index (χ3n) is 4.67. The summed E-state index contributed by atoms with van der Waals surface area (Å²) in [5, 5.41) is 9.05. The monoisotopic (exact) mass is 454 g/mol. The molecule has 0 bridgehead atoms. The van der Waals surface area contributed by atoms with Crippen LogP contribution in [0.25, 0.3) is 0 Å². The Labute approximate surface area is 169 Å². The number of nitriles is 1. The average molecular weight is 455 g/mol. The molecule has 0 spiro atoms. The molecule has 2 aromatic carbocycles. The van der Waals surface area contributed by atoms with Crippen molar-refractivity contribution in [2.45, 2.75) is 31.4 Å². The molecule has 1 aliphatic heterocycles. The fourth-order valence-electron chi connectivity index (χ4n) is 3.38. The van der Waals surface area contributed by atoms with Crippen molar-refractivity contribution in [3.05, 3.63) is 68.7 Å². The highest BCUT2D eigenvalue weighted by molar-refractivity contribution is 9.10. The number of rotatable bonds is 6. The average Bonchev–Trinajstić information content (AvgIpc) is 2.99. The van der Waals surface area contributed by atoms with Crippen molar-refractivity contribution in [1.29, 1.82) is 5.26 Å². The van der Waals surface area contributed by atoms with E-state index in [1.807, 2.05) is 6.07 Å². The molecule has 0 aromatic heterocycles. The molecule has 8 heteroatoms. The lowest BCUT2D eigenvalue weighted by Crippen LogP contribution is -2.34. The summed E-state index contributed by atoms with van der Waals surface area (Å²) in [6, 6.07) is 11.1. The molecule has 1 atom stereocenters. The Morgan fingerprint density at radius 1 is 1.25 bits per heavy atom. The SMILES string of the molecule is N#Cc1ccc2c(c1)COC2(CCN)COCc1cc(Br)cc(C(F)(F)F)c1. The van der Waals surface area contributed by atoms with Gasteiger partial charge in [0.15, 0.2) is 0 Å². The first-order valence-electron chi connectivity index (χ1n) is 8.59. The number of halogens is 4. The Morgan fingerprint density at radius 2 is 2.04 bits per heavy atom. The minimum atomic E-state index is -4.43. The van der Waals surface area contributed by atoms with Gasteiger partial charge in [0.05, 0.1) is 37.0 Å². The van der Waals surface area contributed by atoms with E-state index in [-0.39, 0.29) is 13.2 Å². The van der Waals surface area contributed by atoms with Crippen LogP contribution in [0.3, 0.4) is 0 Å². The fraction of sp³-hybridized carbons (Fsp3) is 0.350. The van der Waals surface area contributed by atoms with E-state index in [1.165, 1.54) is 0 Å². The first kappa shape index (κ1) is 20.8. The van der Waals surface area contributed by atoms with Gasteiger partial charge in [-0.3, -0.25) is 0 Å². The Hall–Kier alpha value is -1.92. The molecule has 0 saturated heterocycles. The Kier molecular flexibility index (Phi) is 6.10. The molecule has 148 valence electrons. The van der Waals surface area contributed by atoms with Gasteiger partial charge in [-0.1, -0.05) is 22.0 Å². The van der Waals surface area contributed by atoms with Crippen molar-refractivity contribution in [1.82, 2.24) is 0 Å². The quantitative estimate of drug-likeness (QED) is 0.690. The first-order chi connectivity index (χ1) is 13.3. The van der Waals surface area contributed by atoms with Crippen LogP contribution >= 0.6 is 15.9 Å². The van der Waals surface area contributed by atoms with E-state index in [0.29, 0.717) is 35.2 Å². The van der Waals surface area contributed by atoms with Crippen LogP contribution in [-0.4, -0.2) is 13.2 Å². The van der Waals surface area contributed by atoms with Gasteiger partial charge in [-0.15, -0.1) is 0 Å². The lowest BCUT2D eigenvalue weighted by molar-refractivity contribution is -0.137. The minimum absolute atomic E-state index is 0.00378. The van der Waals surface area contributed by atoms with Crippen molar-refractivity contribution < 1.29 is 22.6 Å². The Bertz CT molecular complexity index is 911. The van der Waals surface area contributed by atoms with Crippen LogP contribution in [-0.2, 0) is 34.5 Å². The molecular formula is C20H18BrF3N2O2. The highest BCUT2D eigenvalue weighted by Crippen LogP contribution is 2.40. The standard InChI is InChI=1S/C20H18BrF3N2O2/c21-17-7-14(6-16(8-17)20(22,23)24)10-27-12-19(3-4-25)18-2-1-13(9-26)5-15(18)11-28-19/h1-2,5-8H,3-4,10-12,25H2. The van der Waals surface area contributed by atoms with Gasteiger partial charge in [0.25, 0.3) is 0 Å². The first-order valence-corrected chi connectivity index (χ1v) is 9.39. The van der Waals surface area contributed by atoms with Crippen LogP contribution in [0.4, 0.5) is 13.2 Å². The zero-order valence-electron chi connectivity index (χ0n) is 14.9. The molecule has 28 heavy (non-hydrogen) atoms. The highest BCUT2D eigenvalue weighted by atomic mass is 79.9. The zero-order chi connectivity index (χ0) is 20.4. The number of fused-ring (bicyclic) bond motifs is 1. The summed E-state index contributed by atoms with van der Waals surface area (Å²) in [5.74, 6) is 0. The molecule has 1 heterocycles. The smallest absolute Gasteiger partial charge is 0.373 e. The van der Waals surface area contributed by atoms with Crippen molar-refractivity contribution in [3.63, 3.8) is 0 Å². The van der Waals surface area contributed by atoms with Crippen LogP contribution in [0.1, 0.15) is 34.2 Å². The van der Waals surface area contributed by atoms with Gasteiger partial charge in [0.2, 0.25) is 0 Å². The van der Waals surface area contributed by atoms with Gasteiger partial charge in [0.1, 0.15) is 5.60 Å². The predicted octanol–water partition coefficient (Wildman–Crippen LogP) is 4.63. The van der Waals surface area contributed by atoms with Gasteiger partial charge in [-0.25, -0.2) is 0 Å². The highest BCUT2D eigenvalue weighted by Gasteiger charge is 2.40. The van der Waals surface area contributed by atoms with E-state index in [0.717, 1.165) is 23.3 Å². The second-order valence-corrected chi connectivity index (χ2v) is 7.56. The van der Waals surface area contributed by atoms with Crippen molar-refractivity contribution >= 4 is 15.9 Å². The van der Waals surface area contributed by atoms with Crippen molar-refractivity contribution in [2.24, 2.45) is 5.73 Å². The van der Waals surface area contributed by atoms with Crippen LogP contribution in [0, 0.1) is 11.3 Å². The van der Waals surface area contributed by atoms with Gasteiger partial charge in [0, 0.05) is 4.47 Å². The van der Waals surface area contributed by atoms with E-state index < -0.39 is 17.3 Å². The number of nitrogens with zero attached hydrogens (tertiary/aromatic N) is 1. The van der Waals surface area contributed by atoms with E-state index >= 15 is 0 Å². The van der Waals surface area contributed by atoms with E-state index in [1.54, 1.807) is 18.2 Å². The van der Waals surface area contributed by atoms with Gasteiger partial charge in [-0.2, -0.15) is 18.4 Å². The second-order valence-electron chi connectivity index (χ2n) is 6.64. The molecule has 4 nitrogen and oxygen atoms in total. The second kappa shape index (κ2) is 8.21. The molecule has 0 amide bonds. The molecule has 3 rings (SSSR count). The topological polar surface area (TPSA) is 68.3 Å². The molecule has 1 aliphatic rings. The molecule has 1 unspecified atom stereocenters. The van der Waals surface area contributed by atoms with E-state index in [9.17, 15) is 13.2 Å². The van der Waals surface area contributed by atoms with Crippen LogP contribution < -0.4 is 5.73 Å². The van der Waals surface area contributed by atoms with Gasteiger partial charge >= 0.3 is 6.18 Å². The maximum absolute atomic E-state index is 13.0. The molecule has 2 aromatic rings. The molecular weight excluding hydrogens is 437 g/mol. The Morgan fingerprint density at radius 3 is 2.71 bits per heavy atom. The van der Waals surface area contributed by atoms with E-state index in [4.69, 9.17) is 20.5 Å². The lowest BCUT2D eigenvalue weighted by Gasteiger charge is -2.29. The normalized spacial score (nSPS) is 18.7. The lowest BCUT2D eigenvalue weighted by atomic mass is 9.89. The maximum atomic E-state index is 13.0. The number of benzene rings is 2. The van der Waals surface area contributed by atoms with Crippen molar-refractivity contribution in [2.75, 3.05) is 13.2 Å². The Balaban J connectivity index is 1.77. The summed E-state index contributed by atoms with van der Waals surface area (Å²) < 4.78 is 51.0. The molecule has 0 fully saturated rings. The largest absolute Gasteiger partial charge is 0.416 e. The molecule has 2 N–H and O–H groups in total. The molecule has 0 aliphatic carbocycles. The fourth-order valence-corrected chi connectivity index (χ4v) is 3.92. The predicted molar refractivity (Wildman–Crippen MR) is 100 cm³/mol. The summed E-state index contributed by atoms with van der Waals surface area (Å²) in [7, 11) is 0. The summed E-state index contributed by atoms with van der Waals surface area (Å²) in [6.07, 6.45) is -3.93. The number of ether oxygens (including phenoxy) is 2. The third-order valence-corrected chi connectivity index (χ3v) is 5.12. The zero-order valence-corrected chi connectivity index (χ0v) is 16.4. The number of alkyl halides is 3. The van der Waals surface area contributed by atoms with Gasteiger partial charge in [-0.05, 0) is 60.0 Å². The molecule has 0 radical (unpaired) electrons. The number of hydrogen-bond donors (Lipinski definition) is 1. The van der Waals surface area contributed by atoms with Crippen LogP contribution in [0.15, 0.2) is 40.9 Å². The van der Waals surface area contributed by atoms with Crippen LogP contribution in [0.2, 0.25) is 0 Å². The van der Waals surface area contributed by atoms with E-state index in [2.05, 4.69) is 22.0 Å².